The van der Waals surface area contributed by atoms with Crippen LogP contribution in [0.2, 0.25) is 0 Å². The summed E-state index contributed by atoms with van der Waals surface area (Å²) in [6, 6.07) is 10.1. The summed E-state index contributed by atoms with van der Waals surface area (Å²) < 4.78 is 5.40. The summed E-state index contributed by atoms with van der Waals surface area (Å²) in [5.41, 5.74) is 0.757. The lowest BCUT2D eigenvalue weighted by molar-refractivity contribution is -0.160. The molecule has 0 fully saturated rings. The Hall–Kier alpha value is -1.31. The first kappa shape index (κ1) is 13.8. The van der Waals surface area contributed by atoms with E-state index in [0.717, 1.165) is 0 Å². The molecule has 0 saturated heterocycles. The van der Waals surface area contributed by atoms with Crippen molar-refractivity contribution in [2.45, 2.75) is 46.1 Å². The van der Waals surface area contributed by atoms with Crippen LogP contribution < -0.4 is 0 Å². The highest BCUT2D eigenvalue weighted by Gasteiger charge is 2.26. The molecule has 2 heteroatoms. The molecule has 2 atom stereocenters. The van der Waals surface area contributed by atoms with Crippen LogP contribution in [0.3, 0.4) is 0 Å². The third-order valence-corrected chi connectivity index (χ3v) is 2.85. The predicted octanol–water partition coefficient (Wildman–Crippen LogP) is 3.77. The quantitative estimate of drug-likeness (QED) is 0.744. The monoisotopic (exact) mass is 234 g/mol. The lowest BCUT2D eigenvalue weighted by Crippen LogP contribution is -2.29. The highest BCUT2D eigenvalue weighted by molar-refractivity contribution is 5.73. The van der Waals surface area contributed by atoms with Crippen LogP contribution in [0, 0.1) is 5.92 Å². The summed E-state index contributed by atoms with van der Waals surface area (Å²) in [4.78, 5) is 12.0. The van der Waals surface area contributed by atoms with E-state index in [1.54, 1.807) is 0 Å². The Morgan fingerprint density at radius 3 is 2.12 bits per heavy atom. The van der Waals surface area contributed by atoms with Crippen LogP contribution in [0.1, 0.15) is 46.1 Å². The summed E-state index contributed by atoms with van der Waals surface area (Å²) in [5, 5.41) is 0. The first-order valence-electron chi connectivity index (χ1n) is 6.09. The largest absolute Gasteiger partial charge is 0.460 e. The van der Waals surface area contributed by atoms with Crippen molar-refractivity contribution >= 4 is 5.97 Å². The molecule has 0 spiro atoms. The minimum absolute atomic E-state index is 0.128. The molecule has 0 radical (unpaired) electrons. The van der Waals surface area contributed by atoms with Gasteiger partial charge in [0.15, 0.2) is 0 Å². The van der Waals surface area contributed by atoms with Crippen LogP contribution in [-0.2, 0) is 9.53 Å². The molecule has 0 amide bonds. The summed E-state index contributed by atoms with van der Waals surface area (Å²) >= 11 is 0. The van der Waals surface area contributed by atoms with Gasteiger partial charge in [-0.05, 0) is 32.3 Å². The highest BCUT2D eigenvalue weighted by atomic mass is 16.6. The lowest BCUT2D eigenvalue weighted by Gasteiger charge is -2.25. The summed E-state index contributed by atoms with van der Waals surface area (Å²) in [6.07, 6.45) is 0. The van der Waals surface area contributed by atoms with Crippen molar-refractivity contribution in [1.29, 1.82) is 0 Å². The van der Waals surface area contributed by atoms with Gasteiger partial charge in [-0.25, -0.2) is 0 Å². The number of carbonyl (C=O) groups excluding carboxylic acids is 1. The van der Waals surface area contributed by atoms with E-state index in [2.05, 4.69) is 6.92 Å². The molecule has 1 aromatic carbocycles. The molecule has 1 rings (SSSR count). The summed E-state index contributed by atoms with van der Waals surface area (Å²) in [5.74, 6) is -0.0865. The van der Waals surface area contributed by atoms with Gasteiger partial charge in [0.25, 0.3) is 0 Å². The Balaban J connectivity index is 2.70. The van der Waals surface area contributed by atoms with Crippen molar-refractivity contribution in [3.8, 4) is 0 Å². The number of hydrogen-bond acceptors (Lipinski definition) is 2. The molecule has 1 aromatic rings. The van der Waals surface area contributed by atoms with Gasteiger partial charge in [-0.3, -0.25) is 4.79 Å². The fourth-order valence-electron chi connectivity index (χ4n) is 1.64. The Labute approximate surface area is 104 Å². The van der Waals surface area contributed by atoms with E-state index < -0.39 is 5.60 Å². The van der Waals surface area contributed by atoms with E-state index in [-0.39, 0.29) is 17.8 Å². The standard InChI is InChI=1S/C15H22O2/c1-11(13-9-7-6-8-10-13)12(2)14(16)17-15(3,4)5/h6-12H,1-5H3. The van der Waals surface area contributed by atoms with E-state index in [1.807, 2.05) is 58.0 Å². The number of rotatable bonds is 3. The molecule has 2 unspecified atom stereocenters. The Morgan fingerprint density at radius 2 is 1.65 bits per heavy atom. The zero-order chi connectivity index (χ0) is 13.1. The molecule has 0 aromatic heterocycles. The Kier molecular flexibility index (Phi) is 4.33. The van der Waals surface area contributed by atoms with E-state index in [9.17, 15) is 4.79 Å². The number of hydrogen-bond donors (Lipinski definition) is 0. The second-order valence-electron chi connectivity index (χ2n) is 5.52. The zero-order valence-corrected chi connectivity index (χ0v) is 11.4. The second kappa shape index (κ2) is 5.35. The maximum Gasteiger partial charge on any atom is 0.309 e. The average Bonchev–Trinajstić information content (AvgIpc) is 2.26. The van der Waals surface area contributed by atoms with Gasteiger partial charge in [-0.2, -0.15) is 0 Å². The topological polar surface area (TPSA) is 26.3 Å². The van der Waals surface area contributed by atoms with Crippen molar-refractivity contribution in [2.24, 2.45) is 5.92 Å². The summed E-state index contributed by atoms with van der Waals surface area (Å²) in [7, 11) is 0. The molecule has 2 nitrogen and oxygen atoms in total. The van der Waals surface area contributed by atoms with Crippen LogP contribution in [-0.4, -0.2) is 11.6 Å². The maximum absolute atomic E-state index is 12.0. The van der Waals surface area contributed by atoms with Gasteiger partial charge in [0.05, 0.1) is 5.92 Å². The number of benzene rings is 1. The SMILES string of the molecule is CC(C(=O)OC(C)(C)C)C(C)c1ccccc1. The van der Waals surface area contributed by atoms with Gasteiger partial charge >= 0.3 is 5.97 Å². The van der Waals surface area contributed by atoms with Crippen molar-refractivity contribution in [2.75, 3.05) is 0 Å². The van der Waals surface area contributed by atoms with Crippen LogP contribution in [0.15, 0.2) is 30.3 Å². The molecule has 17 heavy (non-hydrogen) atoms. The van der Waals surface area contributed by atoms with Crippen LogP contribution in [0.5, 0.6) is 0 Å². The second-order valence-corrected chi connectivity index (χ2v) is 5.52. The molecule has 94 valence electrons. The minimum Gasteiger partial charge on any atom is -0.460 e. The zero-order valence-electron chi connectivity index (χ0n) is 11.4. The molecular weight excluding hydrogens is 212 g/mol. The van der Waals surface area contributed by atoms with Crippen molar-refractivity contribution in [1.82, 2.24) is 0 Å². The fourth-order valence-corrected chi connectivity index (χ4v) is 1.64. The smallest absolute Gasteiger partial charge is 0.309 e. The van der Waals surface area contributed by atoms with Gasteiger partial charge in [0.2, 0.25) is 0 Å². The first-order valence-corrected chi connectivity index (χ1v) is 6.09. The predicted molar refractivity (Wildman–Crippen MR) is 69.9 cm³/mol. The fraction of sp³-hybridized carbons (Fsp3) is 0.533. The average molecular weight is 234 g/mol. The van der Waals surface area contributed by atoms with Gasteiger partial charge in [-0.1, -0.05) is 44.2 Å². The van der Waals surface area contributed by atoms with E-state index in [4.69, 9.17) is 4.74 Å². The van der Waals surface area contributed by atoms with E-state index in [1.165, 1.54) is 5.56 Å². The first-order chi connectivity index (χ1) is 7.81. The van der Waals surface area contributed by atoms with Gasteiger partial charge in [0.1, 0.15) is 5.60 Å². The minimum atomic E-state index is -0.415. The third kappa shape index (κ3) is 4.22. The number of ether oxygens (including phenoxy) is 1. The molecule has 0 aliphatic heterocycles. The lowest BCUT2D eigenvalue weighted by atomic mass is 9.89. The highest BCUT2D eigenvalue weighted by Crippen LogP contribution is 2.26. The Bertz CT molecular complexity index is 362. The van der Waals surface area contributed by atoms with E-state index in [0.29, 0.717) is 0 Å². The van der Waals surface area contributed by atoms with Crippen LogP contribution in [0.4, 0.5) is 0 Å². The number of esters is 1. The van der Waals surface area contributed by atoms with Gasteiger partial charge in [0, 0.05) is 0 Å². The molecular formula is C15H22O2. The van der Waals surface area contributed by atoms with Crippen LogP contribution in [0.25, 0.3) is 0 Å². The molecule has 0 bridgehead atoms. The van der Waals surface area contributed by atoms with Crippen LogP contribution >= 0.6 is 0 Å². The number of carbonyl (C=O) groups is 1. The normalized spacial score (nSPS) is 15.1. The van der Waals surface area contributed by atoms with Gasteiger partial charge < -0.3 is 4.74 Å². The maximum atomic E-state index is 12.0. The van der Waals surface area contributed by atoms with Gasteiger partial charge in [-0.15, -0.1) is 0 Å². The molecule has 0 saturated carbocycles. The molecule has 0 aliphatic rings. The summed E-state index contributed by atoms with van der Waals surface area (Å²) in [6.45, 7) is 9.66. The van der Waals surface area contributed by atoms with Crippen molar-refractivity contribution < 1.29 is 9.53 Å². The van der Waals surface area contributed by atoms with E-state index >= 15 is 0 Å². The molecule has 0 aliphatic carbocycles. The van der Waals surface area contributed by atoms with Crippen molar-refractivity contribution in [3.05, 3.63) is 35.9 Å². The molecule has 0 N–H and O–H groups in total. The third-order valence-electron chi connectivity index (χ3n) is 2.85. The molecule has 0 heterocycles. The van der Waals surface area contributed by atoms with Crippen molar-refractivity contribution in [3.63, 3.8) is 0 Å². The Morgan fingerprint density at radius 1 is 1.12 bits per heavy atom.